The molecular formula is C35H37ClN4O3. The molecule has 0 bridgehead atoms. The van der Waals surface area contributed by atoms with E-state index in [2.05, 4.69) is 52.3 Å². The van der Waals surface area contributed by atoms with Gasteiger partial charge in [0, 0.05) is 37.4 Å². The maximum atomic E-state index is 14.0. The fourth-order valence-corrected chi connectivity index (χ4v) is 5.71. The van der Waals surface area contributed by atoms with Crippen LogP contribution in [0.1, 0.15) is 52.0 Å². The second-order valence-corrected chi connectivity index (χ2v) is 11.6. The Bertz CT molecular complexity index is 1490. The molecule has 8 heteroatoms. The third-order valence-electron chi connectivity index (χ3n) is 8.01. The summed E-state index contributed by atoms with van der Waals surface area (Å²) in [5.74, 6) is 0.0353. The van der Waals surface area contributed by atoms with Crippen LogP contribution in [0.25, 0.3) is 0 Å². The zero-order valence-corrected chi connectivity index (χ0v) is 25.0. The molecule has 4 aromatic rings. The first-order valence-electron chi connectivity index (χ1n) is 14.9. The summed E-state index contributed by atoms with van der Waals surface area (Å²) in [6, 6.07) is 28.0. The monoisotopic (exact) mass is 596 g/mol. The molecule has 222 valence electrons. The van der Waals surface area contributed by atoms with Crippen LogP contribution in [0.15, 0.2) is 91.1 Å². The number of aromatic nitrogens is 2. The highest BCUT2D eigenvalue weighted by Crippen LogP contribution is 2.25. The number of hydrogen-bond donors (Lipinski definition) is 1. The SMILES string of the molecule is O=C(O)CCN(Cc1ccc(Cl)cc1)C(=O)c1cnc(N2CCC(Cc3ccccc3)CC2)nc1CCc1ccccc1. The lowest BCUT2D eigenvalue weighted by Crippen LogP contribution is -2.36. The second kappa shape index (κ2) is 14.8. The summed E-state index contributed by atoms with van der Waals surface area (Å²) in [7, 11) is 0. The van der Waals surface area contributed by atoms with E-state index in [0.29, 0.717) is 34.6 Å². The highest BCUT2D eigenvalue weighted by Gasteiger charge is 2.25. The minimum absolute atomic E-state index is 0.0750. The van der Waals surface area contributed by atoms with Crippen LogP contribution in [0.5, 0.6) is 0 Å². The average Bonchev–Trinajstić information content (AvgIpc) is 3.04. The summed E-state index contributed by atoms with van der Waals surface area (Å²) in [4.78, 5) is 38.9. The summed E-state index contributed by atoms with van der Waals surface area (Å²) in [5.41, 5.74) is 4.49. The maximum absolute atomic E-state index is 14.0. The number of anilines is 1. The predicted octanol–water partition coefficient (Wildman–Crippen LogP) is 6.49. The lowest BCUT2D eigenvalue weighted by molar-refractivity contribution is -0.137. The van der Waals surface area contributed by atoms with E-state index >= 15 is 0 Å². The molecule has 1 N–H and O–H groups in total. The maximum Gasteiger partial charge on any atom is 0.305 e. The summed E-state index contributed by atoms with van der Waals surface area (Å²) in [5, 5.41) is 9.98. The molecule has 0 spiro atoms. The Morgan fingerprint density at radius 3 is 2.16 bits per heavy atom. The number of carbonyl (C=O) groups excluding carboxylic acids is 1. The number of amides is 1. The first-order chi connectivity index (χ1) is 20.9. The summed E-state index contributed by atoms with van der Waals surface area (Å²) >= 11 is 6.06. The van der Waals surface area contributed by atoms with Crippen LogP contribution in [0.4, 0.5) is 5.95 Å². The van der Waals surface area contributed by atoms with Crippen molar-refractivity contribution < 1.29 is 14.7 Å². The van der Waals surface area contributed by atoms with Gasteiger partial charge in [0.2, 0.25) is 5.95 Å². The number of carboxylic acids is 1. The molecule has 0 saturated carbocycles. The van der Waals surface area contributed by atoms with Crippen molar-refractivity contribution in [3.05, 3.63) is 124 Å². The third kappa shape index (κ3) is 8.64. The van der Waals surface area contributed by atoms with Crippen molar-refractivity contribution in [2.45, 2.75) is 45.1 Å². The number of halogens is 1. The molecular weight excluding hydrogens is 560 g/mol. The van der Waals surface area contributed by atoms with Gasteiger partial charge in [0.05, 0.1) is 17.7 Å². The number of benzene rings is 3. The highest BCUT2D eigenvalue weighted by molar-refractivity contribution is 6.30. The molecule has 7 nitrogen and oxygen atoms in total. The lowest BCUT2D eigenvalue weighted by atomic mass is 9.90. The Morgan fingerprint density at radius 1 is 0.860 bits per heavy atom. The third-order valence-corrected chi connectivity index (χ3v) is 8.26. The van der Waals surface area contributed by atoms with Crippen molar-refractivity contribution in [2.24, 2.45) is 5.92 Å². The summed E-state index contributed by atoms with van der Waals surface area (Å²) < 4.78 is 0. The van der Waals surface area contributed by atoms with Gasteiger partial charge in [0.15, 0.2) is 0 Å². The van der Waals surface area contributed by atoms with E-state index < -0.39 is 5.97 Å². The highest BCUT2D eigenvalue weighted by atomic mass is 35.5. The Hall–Kier alpha value is -4.23. The second-order valence-electron chi connectivity index (χ2n) is 11.1. The molecule has 2 heterocycles. The number of nitrogens with zero attached hydrogens (tertiary/aromatic N) is 4. The summed E-state index contributed by atoms with van der Waals surface area (Å²) in [6.07, 6.45) is 5.96. The number of piperidine rings is 1. The van der Waals surface area contributed by atoms with E-state index in [1.807, 2.05) is 30.3 Å². The topological polar surface area (TPSA) is 86.6 Å². The fourth-order valence-electron chi connectivity index (χ4n) is 5.58. The first-order valence-corrected chi connectivity index (χ1v) is 15.3. The molecule has 0 radical (unpaired) electrons. The Labute approximate surface area is 258 Å². The van der Waals surface area contributed by atoms with Crippen molar-refractivity contribution in [1.29, 1.82) is 0 Å². The molecule has 0 aliphatic carbocycles. The number of aryl methyl sites for hydroxylation is 2. The smallest absolute Gasteiger partial charge is 0.305 e. The van der Waals surface area contributed by atoms with Gasteiger partial charge in [-0.15, -0.1) is 0 Å². The van der Waals surface area contributed by atoms with E-state index in [0.717, 1.165) is 49.9 Å². The molecule has 1 aliphatic heterocycles. The number of aliphatic carboxylic acids is 1. The zero-order valence-electron chi connectivity index (χ0n) is 24.2. The Morgan fingerprint density at radius 2 is 1.51 bits per heavy atom. The normalized spacial score (nSPS) is 13.6. The fraction of sp³-hybridized carbons (Fsp3) is 0.314. The quantitative estimate of drug-likeness (QED) is 0.201. The molecule has 1 amide bonds. The van der Waals surface area contributed by atoms with Crippen molar-refractivity contribution >= 4 is 29.4 Å². The predicted molar refractivity (Wildman–Crippen MR) is 169 cm³/mol. The van der Waals surface area contributed by atoms with Gasteiger partial charge in [-0.25, -0.2) is 9.97 Å². The minimum atomic E-state index is -0.958. The van der Waals surface area contributed by atoms with Gasteiger partial charge in [-0.2, -0.15) is 0 Å². The van der Waals surface area contributed by atoms with E-state index in [1.165, 1.54) is 5.56 Å². The van der Waals surface area contributed by atoms with Crippen molar-refractivity contribution in [1.82, 2.24) is 14.9 Å². The largest absolute Gasteiger partial charge is 0.481 e. The van der Waals surface area contributed by atoms with Gasteiger partial charge >= 0.3 is 5.97 Å². The van der Waals surface area contributed by atoms with Crippen LogP contribution in [0.3, 0.4) is 0 Å². The van der Waals surface area contributed by atoms with Crippen molar-refractivity contribution in [2.75, 3.05) is 24.5 Å². The Balaban J connectivity index is 1.36. The Kier molecular flexibility index (Phi) is 10.4. The van der Waals surface area contributed by atoms with Crippen LogP contribution >= 0.6 is 11.6 Å². The van der Waals surface area contributed by atoms with Crippen LogP contribution in [0.2, 0.25) is 5.02 Å². The molecule has 43 heavy (non-hydrogen) atoms. The van der Waals surface area contributed by atoms with Crippen molar-refractivity contribution in [3.63, 3.8) is 0 Å². The van der Waals surface area contributed by atoms with Crippen LogP contribution in [-0.4, -0.2) is 51.5 Å². The minimum Gasteiger partial charge on any atom is -0.481 e. The van der Waals surface area contributed by atoms with Crippen LogP contribution < -0.4 is 4.90 Å². The molecule has 1 fully saturated rings. The first kappa shape index (κ1) is 30.2. The van der Waals surface area contributed by atoms with Crippen LogP contribution in [0, 0.1) is 5.92 Å². The standard InChI is InChI=1S/C35H37ClN4O3/c36-30-14-11-29(12-15-30)25-40(22-19-33(41)42)34(43)31-24-37-35(38-32(31)16-13-26-7-3-1-4-8-26)39-20-17-28(18-21-39)23-27-9-5-2-6-10-27/h1-12,14-15,24,28H,13,16-23,25H2,(H,41,42). The lowest BCUT2D eigenvalue weighted by Gasteiger charge is -2.32. The van der Waals surface area contributed by atoms with Gasteiger partial charge < -0.3 is 14.9 Å². The van der Waals surface area contributed by atoms with Crippen molar-refractivity contribution in [3.8, 4) is 0 Å². The molecule has 1 saturated heterocycles. The van der Waals surface area contributed by atoms with E-state index in [-0.39, 0.29) is 25.4 Å². The van der Waals surface area contributed by atoms with E-state index in [1.54, 1.807) is 23.2 Å². The van der Waals surface area contributed by atoms with E-state index in [4.69, 9.17) is 16.6 Å². The molecule has 3 aromatic carbocycles. The molecule has 0 atom stereocenters. The van der Waals surface area contributed by atoms with E-state index in [9.17, 15) is 14.7 Å². The number of carbonyl (C=O) groups is 2. The number of rotatable bonds is 12. The van der Waals surface area contributed by atoms with Crippen LogP contribution in [-0.2, 0) is 30.6 Å². The molecule has 0 unspecified atom stereocenters. The zero-order chi connectivity index (χ0) is 30.0. The molecule has 1 aliphatic rings. The van der Waals surface area contributed by atoms with Gasteiger partial charge in [-0.3, -0.25) is 9.59 Å². The average molecular weight is 597 g/mol. The van der Waals surface area contributed by atoms with Gasteiger partial charge in [-0.1, -0.05) is 84.4 Å². The molecule has 5 rings (SSSR count). The van der Waals surface area contributed by atoms with Gasteiger partial charge in [-0.05, 0) is 66.8 Å². The summed E-state index contributed by atoms with van der Waals surface area (Å²) in [6.45, 7) is 2.07. The number of carboxylic acid groups (broad SMARTS) is 1. The van der Waals surface area contributed by atoms with Gasteiger partial charge in [0.1, 0.15) is 0 Å². The molecule has 1 aromatic heterocycles. The number of hydrogen-bond acceptors (Lipinski definition) is 5. The van der Waals surface area contributed by atoms with Gasteiger partial charge in [0.25, 0.3) is 5.91 Å².